The normalized spacial score (nSPS) is 9.84. The Hall–Kier alpha value is 0.820. The Kier molecular flexibility index (Phi) is 43.4. The molecule has 0 aromatic rings. The number of hydrogen-bond acceptors (Lipinski definition) is 5. The van der Waals surface area contributed by atoms with E-state index in [4.69, 9.17) is 18.4 Å². The van der Waals surface area contributed by atoms with Gasteiger partial charge in [-0.05, 0) is 25.7 Å². The Morgan fingerprint density at radius 3 is 1.08 bits per heavy atom. The Bertz CT molecular complexity index is 186. The predicted octanol–water partition coefficient (Wildman–Crippen LogP) is 1.99. The fraction of sp³-hybridized carbons (Fsp3) is 1.00. The van der Waals surface area contributed by atoms with E-state index in [1.54, 1.807) is 0 Å². The second-order valence-electron chi connectivity index (χ2n) is 5.21. The van der Waals surface area contributed by atoms with E-state index in [0.717, 1.165) is 51.4 Å². The summed E-state index contributed by atoms with van der Waals surface area (Å²) >= 11 is 0. The molecule has 0 saturated carbocycles. The molecule has 0 aromatic carbocycles. The van der Waals surface area contributed by atoms with E-state index in [1.807, 2.05) is 0 Å². The molecule has 0 radical (unpaired) electrons. The van der Waals surface area contributed by atoms with Gasteiger partial charge < -0.3 is 34.1 Å². The maximum Gasteiger partial charge on any atom is 0.676 e. The van der Waals surface area contributed by atoms with Crippen molar-refractivity contribution in [1.82, 2.24) is 0 Å². The van der Waals surface area contributed by atoms with Crippen LogP contribution in [0.1, 0.15) is 79.1 Å². The molecule has 0 bridgehead atoms. The molecule has 0 aliphatic carbocycles. The zero-order chi connectivity index (χ0) is 17.1. The average Bonchev–Trinajstić information content (AvgIpc) is 2.50. The van der Waals surface area contributed by atoms with Gasteiger partial charge >= 0.3 is 9.05 Å². The smallest absolute Gasteiger partial charge is 0.412 e. The molecule has 0 amide bonds. The van der Waals surface area contributed by atoms with Gasteiger partial charge in [0.25, 0.3) is 0 Å². The molecule has 7 nitrogen and oxygen atoms in total. The Balaban J connectivity index is -0.000000147. The first-order valence-electron chi connectivity index (χ1n) is 8.85. The molecule has 0 spiro atoms. The second-order valence-corrected chi connectivity index (χ2v) is 7.12. The van der Waals surface area contributed by atoms with Crippen molar-refractivity contribution in [2.75, 3.05) is 26.4 Å². The van der Waals surface area contributed by atoms with Crippen LogP contribution in [-0.2, 0) is 39.5 Å². The van der Waals surface area contributed by atoms with E-state index < -0.39 is 9.05 Å². The van der Waals surface area contributed by atoms with E-state index in [0.29, 0.717) is 26.4 Å². The molecule has 6 N–H and O–H groups in total. The maximum atomic E-state index is 10.2. The zero-order valence-electron chi connectivity index (χ0n) is 16.6. The third-order valence-electron chi connectivity index (χ3n) is 2.86. The van der Waals surface area contributed by atoms with Gasteiger partial charge in [-0.25, -0.2) is 0 Å². The first-order valence-corrected chi connectivity index (χ1v) is 10.5. The van der Waals surface area contributed by atoms with Crippen LogP contribution in [0.15, 0.2) is 0 Å². The van der Waals surface area contributed by atoms with Gasteiger partial charge in [-0.1, -0.05) is 53.4 Å². The minimum atomic E-state index is -3.36. The van der Waals surface area contributed by atoms with Crippen LogP contribution in [0.5, 0.6) is 0 Å². The van der Waals surface area contributed by atoms with Crippen molar-refractivity contribution in [2.24, 2.45) is 0 Å². The summed E-state index contributed by atoms with van der Waals surface area (Å²) in [5.74, 6) is 0. The second kappa shape index (κ2) is 29.6. The first kappa shape index (κ1) is 36.7. The van der Waals surface area contributed by atoms with E-state index in [9.17, 15) is 4.80 Å². The van der Waals surface area contributed by atoms with Crippen LogP contribution >= 0.6 is 0 Å². The van der Waals surface area contributed by atoms with Crippen molar-refractivity contribution < 1.29 is 60.3 Å². The molecule has 0 aliphatic rings. The standard InChI is InChI=1S/C12H28O4Si.C4H10O.2H2O.Zr/c1-4-7-10-14-17(13,15-11-8-5-2)16-12-9-6-3;1-2-3-4-5;;;/h13H,4-12H2,1-3H3;5H,2-4H2,1H3;2*1H2;. The molecule has 0 saturated heterocycles. The Morgan fingerprint density at radius 1 is 0.640 bits per heavy atom. The molecule has 0 heterocycles. The number of hydrogen-bond donors (Lipinski definition) is 2. The van der Waals surface area contributed by atoms with Gasteiger partial charge in [0.05, 0.1) is 0 Å². The van der Waals surface area contributed by atoms with Gasteiger partial charge in [0.15, 0.2) is 0 Å². The minimum absolute atomic E-state index is 0. The first-order chi connectivity index (χ1) is 10.6. The Morgan fingerprint density at radius 2 is 0.920 bits per heavy atom. The average molecular weight is 466 g/mol. The van der Waals surface area contributed by atoms with Gasteiger partial charge in [-0.15, -0.1) is 0 Å². The van der Waals surface area contributed by atoms with Crippen molar-refractivity contribution in [3.05, 3.63) is 0 Å². The number of aliphatic hydroxyl groups excluding tert-OH is 1. The van der Waals surface area contributed by atoms with Crippen LogP contribution in [0.25, 0.3) is 0 Å². The van der Waals surface area contributed by atoms with Crippen molar-refractivity contribution in [3.63, 3.8) is 0 Å². The predicted molar refractivity (Wildman–Crippen MR) is 99.8 cm³/mol. The summed E-state index contributed by atoms with van der Waals surface area (Å²) < 4.78 is 16.2. The van der Waals surface area contributed by atoms with Gasteiger partial charge in [0.2, 0.25) is 0 Å². The number of aliphatic hydroxyl groups is 1. The molecule has 9 heteroatoms. The molecule has 156 valence electrons. The van der Waals surface area contributed by atoms with E-state index >= 15 is 0 Å². The van der Waals surface area contributed by atoms with Gasteiger partial charge in [-0.3, -0.25) is 0 Å². The zero-order valence-corrected chi connectivity index (χ0v) is 20.1. The van der Waals surface area contributed by atoms with Crippen LogP contribution in [0.4, 0.5) is 0 Å². The molecular formula is C16H42O7SiZr. The van der Waals surface area contributed by atoms with Crippen LogP contribution in [0, 0.1) is 0 Å². The topological polar surface area (TPSA) is 131 Å². The van der Waals surface area contributed by atoms with E-state index in [2.05, 4.69) is 27.7 Å². The van der Waals surface area contributed by atoms with Crippen LogP contribution < -0.4 is 0 Å². The summed E-state index contributed by atoms with van der Waals surface area (Å²) in [4.78, 5) is 10.2. The molecule has 0 fully saturated rings. The molecule has 0 atom stereocenters. The van der Waals surface area contributed by atoms with Crippen molar-refractivity contribution >= 4 is 9.05 Å². The van der Waals surface area contributed by atoms with E-state index in [-0.39, 0.29) is 37.2 Å². The van der Waals surface area contributed by atoms with Crippen molar-refractivity contribution in [2.45, 2.75) is 79.1 Å². The maximum absolute atomic E-state index is 10.2. The summed E-state index contributed by atoms with van der Waals surface area (Å²) in [6, 6.07) is 0. The SMILES string of the molecule is CCCCO.CCCCO[Si](O)(OCCCC)OCCCC.O.O.[Zr]. The monoisotopic (exact) mass is 464 g/mol. The quantitative estimate of drug-likeness (QED) is 0.299. The van der Waals surface area contributed by atoms with Crippen LogP contribution in [0.3, 0.4) is 0 Å². The van der Waals surface area contributed by atoms with Crippen LogP contribution in [-0.4, -0.2) is 56.3 Å². The molecule has 25 heavy (non-hydrogen) atoms. The fourth-order valence-electron chi connectivity index (χ4n) is 1.32. The third kappa shape index (κ3) is 29.8. The molecule has 0 aromatic heterocycles. The summed E-state index contributed by atoms with van der Waals surface area (Å²) in [5, 5.41) is 8.07. The molecule has 0 unspecified atom stereocenters. The van der Waals surface area contributed by atoms with Crippen molar-refractivity contribution in [3.8, 4) is 0 Å². The Labute approximate surface area is 174 Å². The third-order valence-corrected chi connectivity index (χ3v) is 4.57. The minimum Gasteiger partial charge on any atom is -0.412 e. The summed E-state index contributed by atoms with van der Waals surface area (Å²) in [6.07, 6.45) is 7.91. The largest absolute Gasteiger partial charge is 0.676 e. The summed E-state index contributed by atoms with van der Waals surface area (Å²) in [7, 11) is -3.36. The van der Waals surface area contributed by atoms with Gasteiger partial charge in [-0.2, -0.15) is 0 Å². The number of rotatable bonds is 14. The van der Waals surface area contributed by atoms with Crippen LogP contribution in [0.2, 0.25) is 0 Å². The van der Waals surface area contributed by atoms with Gasteiger partial charge in [0.1, 0.15) is 0 Å². The van der Waals surface area contributed by atoms with Crippen molar-refractivity contribution in [1.29, 1.82) is 0 Å². The molecule has 0 aliphatic heterocycles. The number of unbranched alkanes of at least 4 members (excludes halogenated alkanes) is 4. The molecular weight excluding hydrogens is 423 g/mol. The summed E-state index contributed by atoms with van der Waals surface area (Å²) in [6.45, 7) is 10.2. The fourth-order valence-corrected chi connectivity index (χ4v) is 2.78. The van der Waals surface area contributed by atoms with Gasteiger partial charge in [0, 0.05) is 52.6 Å². The van der Waals surface area contributed by atoms with E-state index in [1.165, 1.54) is 0 Å². The molecule has 0 rings (SSSR count). The summed E-state index contributed by atoms with van der Waals surface area (Å²) in [5.41, 5.74) is 0.